The summed E-state index contributed by atoms with van der Waals surface area (Å²) in [7, 11) is 0. The highest BCUT2D eigenvalue weighted by molar-refractivity contribution is 9.10. The van der Waals surface area contributed by atoms with Gasteiger partial charge in [0.2, 0.25) is 5.82 Å². The van der Waals surface area contributed by atoms with Crippen LogP contribution in [0.1, 0.15) is 0 Å². The molecule has 0 fully saturated rings. The predicted octanol–water partition coefficient (Wildman–Crippen LogP) is 4.03. The lowest BCUT2D eigenvalue weighted by Crippen LogP contribution is -1.90. The highest BCUT2D eigenvalue weighted by atomic mass is 79.9. The van der Waals surface area contributed by atoms with E-state index in [1.165, 1.54) is 30.3 Å². The molecule has 0 unspecified atom stereocenters. The summed E-state index contributed by atoms with van der Waals surface area (Å²) in [5.74, 6) is -0.388. The molecule has 106 valence electrons. The predicted molar refractivity (Wildman–Crippen MR) is 77.2 cm³/mol. The number of hydrogen-bond acceptors (Lipinski definition) is 4. The van der Waals surface area contributed by atoms with Crippen LogP contribution in [0, 0.1) is 11.6 Å². The third-order valence-corrected chi connectivity index (χ3v) is 3.45. The Labute approximate surface area is 126 Å². The first kappa shape index (κ1) is 13.7. The number of nitrogens with zero attached hydrogens (tertiary/aromatic N) is 2. The highest BCUT2D eigenvalue weighted by Gasteiger charge is 2.13. The lowest BCUT2D eigenvalue weighted by atomic mass is 10.2. The number of nitrogen functional groups attached to an aromatic ring is 1. The van der Waals surface area contributed by atoms with Gasteiger partial charge < -0.3 is 10.3 Å². The number of rotatable bonds is 2. The molecule has 0 radical (unpaired) electrons. The fourth-order valence-corrected chi connectivity index (χ4v) is 2.15. The normalized spacial score (nSPS) is 10.8. The average Bonchev–Trinajstić information content (AvgIpc) is 2.94. The first-order valence-corrected chi connectivity index (χ1v) is 6.68. The molecule has 1 heterocycles. The van der Waals surface area contributed by atoms with Crippen LogP contribution in [0.4, 0.5) is 14.5 Å². The maximum atomic E-state index is 13.2. The van der Waals surface area contributed by atoms with Crippen LogP contribution in [-0.4, -0.2) is 10.1 Å². The molecule has 0 spiro atoms. The first-order chi connectivity index (χ1) is 10.0. The summed E-state index contributed by atoms with van der Waals surface area (Å²) < 4.78 is 31.8. The Bertz CT molecular complexity index is 754. The summed E-state index contributed by atoms with van der Waals surface area (Å²) in [6.45, 7) is 0. The van der Waals surface area contributed by atoms with Crippen molar-refractivity contribution >= 4 is 21.6 Å². The molecule has 2 N–H and O–H groups in total. The van der Waals surface area contributed by atoms with Crippen LogP contribution in [-0.2, 0) is 0 Å². The number of hydrogen-bond donors (Lipinski definition) is 1. The number of aromatic nitrogens is 2. The molecule has 4 nitrogen and oxygen atoms in total. The summed E-state index contributed by atoms with van der Waals surface area (Å²) in [5, 5.41) is 3.82. The lowest BCUT2D eigenvalue weighted by Gasteiger charge is -1.98. The van der Waals surface area contributed by atoms with E-state index in [1.54, 1.807) is 6.07 Å². The molecule has 1 aromatic heterocycles. The van der Waals surface area contributed by atoms with Crippen LogP contribution in [0.5, 0.6) is 0 Å². The monoisotopic (exact) mass is 351 g/mol. The third-order valence-electron chi connectivity index (χ3n) is 2.85. The molecule has 0 aliphatic heterocycles. The maximum Gasteiger partial charge on any atom is 0.258 e. The summed E-state index contributed by atoms with van der Waals surface area (Å²) in [6, 6.07) is 8.50. The van der Waals surface area contributed by atoms with Crippen molar-refractivity contribution in [3.05, 3.63) is 52.5 Å². The van der Waals surface area contributed by atoms with Crippen molar-refractivity contribution in [2.75, 3.05) is 5.73 Å². The van der Waals surface area contributed by atoms with Crippen molar-refractivity contribution in [1.29, 1.82) is 0 Å². The summed E-state index contributed by atoms with van der Waals surface area (Å²) in [4.78, 5) is 4.19. The molecule has 0 atom stereocenters. The second-order valence-electron chi connectivity index (χ2n) is 4.29. The van der Waals surface area contributed by atoms with Gasteiger partial charge in [-0.15, -0.1) is 0 Å². The van der Waals surface area contributed by atoms with E-state index in [1.807, 2.05) is 0 Å². The van der Waals surface area contributed by atoms with Crippen LogP contribution < -0.4 is 5.73 Å². The molecule has 7 heteroatoms. The van der Waals surface area contributed by atoms with Gasteiger partial charge >= 0.3 is 0 Å². The zero-order valence-electron chi connectivity index (χ0n) is 10.5. The summed E-state index contributed by atoms with van der Waals surface area (Å²) in [5.41, 5.74) is 6.60. The van der Waals surface area contributed by atoms with Gasteiger partial charge in [-0.2, -0.15) is 4.98 Å². The smallest absolute Gasteiger partial charge is 0.258 e. The zero-order valence-corrected chi connectivity index (χ0v) is 12.1. The van der Waals surface area contributed by atoms with Crippen molar-refractivity contribution in [3.63, 3.8) is 0 Å². The van der Waals surface area contributed by atoms with E-state index in [9.17, 15) is 8.78 Å². The fourth-order valence-electron chi connectivity index (χ4n) is 1.77. The third kappa shape index (κ3) is 2.64. The van der Waals surface area contributed by atoms with Crippen molar-refractivity contribution in [1.82, 2.24) is 10.1 Å². The molecule has 0 aliphatic carbocycles. The van der Waals surface area contributed by atoms with Gasteiger partial charge in [0, 0.05) is 11.1 Å². The molecule has 3 aromatic rings. The number of anilines is 1. The van der Waals surface area contributed by atoms with Crippen LogP contribution >= 0.6 is 15.9 Å². The molecular weight excluding hydrogens is 344 g/mol. The van der Waals surface area contributed by atoms with Crippen molar-refractivity contribution < 1.29 is 13.3 Å². The van der Waals surface area contributed by atoms with Crippen LogP contribution in [0.15, 0.2) is 45.4 Å². The van der Waals surface area contributed by atoms with Gasteiger partial charge in [0.25, 0.3) is 5.89 Å². The van der Waals surface area contributed by atoms with Crippen LogP contribution in [0.2, 0.25) is 0 Å². The van der Waals surface area contributed by atoms with E-state index in [2.05, 4.69) is 26.1 Å². The zero-order chi connectivity index (χ0) is 15.0. The fraction of sp³-hybridized carbons (Fsp3) is 0. The molecule has 0 bridgehead atoms. The van der Waals surface area contributed by atoms with Gasteiger partial charge in [-0.25, -0.2) is 8.78 Å². The molecule has 0 saturated carbocycles. The van der Waals surface area contributed by atoms with E-state index in [-0.39, 0.29) is 17.4 Å². The maximum absolute atomic E-state index is 13.2. The molecule has 3 rings (SSSR count). The van der Waals surface area contributed by atoms with E-state index in [4.69, 9.17) is 10.3 Å². The first-order valence-electron chi connectivity index (χ1n) is 5.89. The van der Waals surface area contributed by atoms with E-state index < -0.39 is 5.82 Å². The number of benzene rings is 2. The molecule has 0 saturated heterocycles. The molecule has 21 heavy (non-hydrogen) atoms. The van der Waals surface area contributed by atoms with Gasteiger partial charge in [0.05, 0.1) is 10.2 Å². The van der Waals surface area contributed by atoms with Crippen molar-refractivity contribution in [2.45, 2.75) is 0 Å². The number of nitrogens with two attached hydrogens (primary N) is 1. The Morgan fingerprint density at radius 2 is 1.71 bits per heavy atom. The molecular formula is C14H8BrF2N3O. The Hall–Kier alpha value is -2.28. The second-order valence-corrected chi connectivity index (χ2v) is 5.14. The van der Waals surface area contributed by atoms with Crippen LogP contribution in [0.25, 0.3) is 22.8 Å². The minimum atomic E-state index is -0.513. The largest absolute Gasteiger partial charge is 0.396 e. The summed E-state index contributed by atoms with van der Waals surface area (Å²) >= 11 is 3.09. The minimum Gasteiger partial charge on any atom is -0.396 e. The van der Waals surface area contributed by atoms with Crippen LogP contribution in [0.3, 0.4) is 0 Å². The quantitative estimate of drug-likeness (QED) is 0.708. The van der Waals surface area contributed by atoms with Crippen molar-refractivity contribution in [3.8, 4) is 22.8 Å². The second kappa shape index (κ2) is 5.25. The SMILES string of the molecule is Nc1cc(-c2nc(-c3ccc(F)c(Br)c3)no2)ccc1F. The highest BCUT2D eigenvalue weighted by Crippen LogP contribution is 2.27. The van der Waals surface area contributed by atoms with E-state index >= 15 is 0 Å². The van der Waals surface area contributed by atoms with Gasteiger partial charge in [-0.3, -0.25) is 0 Å². The Balaban J connectivity index is 1.99. The van der Waals surface area contributed by atoms with Crippen molar-refractivity contribution in [2.24, 2.45) is 0 Å². The van der Waals surface area contributed by atoms with Gasteiger partial charge in [0.1, 0.15) is 11.6 Å². The van der Waals surface area contributed by atoms with E-state index in [0.717, 1.165) is 0 Å². The van der Waals surface area contributed by atoms with Gasteiger partial charge in [-0.1, -0.05) is 5.16 Å². The number of halogens is 3. The van der Waals surface area contributed by atoms with Gasteiger partial charge in [0.15, 0.2) is 0 Å². The molecule has 0 amide bonds. The Morgan fingerprint density at radius 1 is 1.00 bits per heavy atom. The topological polar surface area (TPSA) is 64.9 Å². The molecule has 0 aliphatic rings. The van der Waals surface area contributed by atoms with Gasteiger partial charge in [-0.05, 0) is 52.3 Å². The minimum absolute atomic E-state index is 0.00298. The summed E-state index contributed by atoms with van der Waals surface area (Å²) in [6.07, 6.45) is 0. The Kier molecular flexibility index (Phi) is 3.42. The lowest BCUT2D eigenvalue weighted by molar-refractivity contribution is 0.432. The molecule has 2 aromatic carbocycles. The van der Waals surface area contributed by atoms with E-state index in [0.29, 0.717) is 21.4 Å². The Morgan fingerprint density at radius 3 is 2.43 bits per heavy atom. The average molecular weight is 352 g/mol. The standard InChI is InChI=1S/C14H8BrF2N3O/c15-9-5-7(1-3-10(9)16)13-19-14(21-20-13)8-2-4-11(17)12(18)6-8/h1-6H,18H2.